The molecule has 6 nitrogen and oxygen atoms in total. The van der Waals surface area contributed by atoms with Crippen molar-refractivity contribution >= 4 is 23.2 Å². The van der Waals surface area contributed by atoms with Gasteiger partial charge in [0, 0.05) is 17.5 Å². The summed E-state index contributed by atoms with van der Waals surface area (Å²) in [4.78, 5) is 29.7. The quantitative estimate of drug-likeness (QED) is 0.907. The summed E-state index contributed by atoms with van der Waals surface area (Å²) < 4.78 is 5.17. The van der Waals surface area contributed by atoms with E-state index in [2.05, 4.69) is 31.0 Å². The van der Waals surface area contributed by atoms with E-state index in [4.69, 9.17) is 4.74 Å². The minimum absolute atomic E-state index is 0.00866. The summed E-state index contributed by atoms with van der Waals surface area (Å²) in [6.45, 7) is 4.87. The normalized spacial score (nSPS) is 17.7. The van der Waals surface area contributed by atoms with Crippen LogP contribution in [-0.2, 0) is 9.53 Å². The molecule has 0 spiro atoms. The Kier molecular flexibility index (Phi) is 5.15. The van der Waals surface area contributed by atoms with Crippen LogP contribution in [0.3, 0.4) is 0 Å². The zero-order chi connectivity index (χ0) is 18.0. The predicted molar refractivity (Wildman–Crippen MR) is 94.9 cm³/mol. The second-order valence-electron chi connectivity index (χ2n) is 6.24. The maximum atomic E-state index is 12.7. The molecule has 0 radical (unpaired) electrons. The third-order valence-electron chi connectivity index (χ3n) is 4.22. The monoisotopic (exact) mass is 360 g/mol. The van der Waals surface area contributed by atoms with Crippen molar-refractivity contribution in [3.8, 4) is 10.6 Å². The molecule has 3 rings (SSSR count). The third-order valence-corrected chi connectivity index (χ3v) is 5.11. The maximum Gasteiger partial charge on any atom is 0.328 e. The van der Waals surface area contributed by atoms with Crippen molar-refractivity contribution in [2.75, 3.05) is 19.8 Å². The topological polar surface area (TPSA) is 79.7 Å². The average Bonchev–Trinajstić information content (AvgIpc) is 3.11. The van der Waals surface area contributed by atoms with Crippen LogP contribution in [-0.4, -0.2) is 52.7 Å². The summed E-state index contributed by atoms with van der Waals surface area (Å²) in [7, 11) is 0. The second-order valence-corrected chi connectivity index (χ2v) is 7.10. The van der Waals surface area contributed by atoms with E-state index >= 15 is 0 Å². The summed E-state index contributed by atoms with van der Waals surface area (Å²) in [5.74, 6) is -0.971. The van der Waals surface area contributed by atoms with Gasteiger partial charge in [-0.25, -0.2) is 9.78 Å². The van der Waals surface area contributed by atoms with E-state index in [1.165, 1.54) is 21.8 Å². The third kappa shape index (κ3) is 3.72. The van der Waals surface area contributed by atoms with E-state index in [-0.39, 0.29) is 24.8 Å². The summed E-state index contributed by atoms with van der Waals surface area (Å²) in [6, 6.07) is 7.15. The molecule has 1 amide bonds. The van der Waals surface area contributed by atoms with Crippen molar-refractivity contribution in [2.45, 2.75) is 25.8 Å². The number of carbonyl (C=O) groups excluding carboxylic acids is 1. The predicted octanol–water partition coefficient (Wildman–Crippen LogP) is 2.86. The summed E-state index contributed by atoms with van der Waals surface area (Å²) in [5, 5.41) is 11.7. The lowest BCUT2D eigenvalue weighted by Gasteiger charge is -2.32. The van der Waals surface area contributed by atoms with Gasteiger partial charge >= 0.3 is 5.97 Å². The van der Waals surface area contributed by atoms with E-state index in [1.807, 2.05) is 12.1 Å². The van der Waals surface area contributed by atoms with Crippen molar-refractivity contribution in [1.29, 1.82) is 0 Å². The molecule has 1 atom stereocenters. The van der Waals surface area contributed by atoms with Crippen LogP contribution in [0.15, 0.2) is 29.6 Å². The number of carbonyl (C=O) groups is 2. The van der Waals surface area contributed by atoms with E-state index in [9.17, 15) is 14.7 Å². The molecule has 0 bridgehead atoms. The Bertz CT molecular complexity index is 770. The smallest absolute Gasteiger partial charge is 0.328 e. The van der Waals surface area contributed by atoms with Crippen LogP contribution in [0.2, 0.25) is 0 Å². The van der Waals surface area contributed by atoms with Gasteiger partial charge in [-0.2, -0.15) is 0 Å². The van der Waals surface area contributed by atoms with Crippen molar-refractivity contribution in [3.63, 3.8) is 0 Å². The fourth-order valence-corrected chi connectivity index (χ4v) is 3.51. The average molecular weight is 360 g/mol. The van der Waals surface area contributed by atoms with Gasteiger partial charge in [0.25, 0.3) is 5.91 Å². The Labute approximate surface area is 150 Å². The van der Waals surface area contributed by atoms with E-state index < -0.39 is 12.0 Å². The highest BCUT2D eigenvalue weighted by atomic mass is 32.1. The first-order valence-electron chi connectivity index (χ1n) is 8.14. The summed E-state index contributed by atoms with van der Waals surface area (Å²) in [5.41, 5.74) is 2.47. The molecule has 1 aromatic carbocycles. The van der Waals surface area contributed by atoms with Crippen LogP contribution >= 0.6 is 11.3 Å². The number of thiazole rings is 1. The number of nitrogens with zero attached hydrogens (tertiary/aromatic N) is 2. The first-order chi connectivity index (χ1) is 12.0. The molecule has 1 aliphatic heterocycles. The van der Waals surface area contributed by atoms with Gasteiger partial charge in [0.2, 0.25) is 0 Å². The number of aliphatic carboxylic acids is 1. The number of amides is 1. The number of rotatable bonds is 4. The highest BCUT2D eigenvalue weighted by Crippen LogP contribution is 2.26. The van der Waals surface area contributed by atoms with Gasteiger partial charge in [0.15, 0.2) is 6.04 Å². The van der Waals surface area contributed by atoms with Gasteiger partial charge in [0.05, 0.1) is 13.2 Å². The molecular weight excluding hydrogens is 340 g/mol. The number of carboxylic acids is 1. The zero-order valence-corrected chi connectivity index (χ0v) is 15.0. The lowest BCUT2D eigenvalue weighted by Crippen LogP contribution is -2.52. The summed E-state index contributed by atoms with van der Waals surface area (Å²) in [6.07, 6.45) is 0. The Morgan fingerprint density at radius 1 is 1.32 bits per heavy atom. The first-order valence-corrected chi connectivity index (χ1v) is 9.02. The molecule has 1 aromatic heterocycles. The second kappa shape index (κ2) is 7.33. The number of ether oxygens (including phenoxy) is 1. The van der Waals surface area contributed by atoms with Gasteiger partial charge in [-0.05, 0) is 11.5 Å². The van der Waals surface area contributed by atoms with E-state index in [0.29, 0.717) is 12.5 Å². The molecule has 2 aromatic rings. The van der Waals surface area contributed by atoms with E-state index in [1.54, 1.807) is 5.38 Å². The van der Waals surface area contributed by atoms with Crippen LogP contribution in [0.5, 0.6) is 0 Å². The molecule has 25 heavy (non-hydrogen) atoms. The van der Waals surface area contributed by atoms with E-state index in [0.717, 1.165) is 10.6 Å². The Morgan fingerprint density at radius 2 is 2.04 bits per heavy atom. The highest BCUT2D eigenvalue weighted by molar-refractivity contribution is 7.13. The maximum absolute atomic E-state index is 12.7. The van der Waals surface area contributed by atoms with Gasteiger partial charge in [0.1, 0.15) is 10.7 Å². The van der Waals surface area contributed by atoms with Crippen molar-refractivity contribution in [1.82, 2.24) is 9.88 Å². The molecule has 2 heterocycles. The highest BCUT2D eigenvalue weighted by Gasteiger charge is 2.34. The number of morpholine rings is 1. The van der Waals surface area contributed by atoms with Gasteiger partial charge in [-0.3, -0.25) is 4.79 Å². The lowest BCUT2D eigenvalue weighted by atomic mass is 10.0. The molecule has 1 saturated heterocycles. The molecule has 1 N–H and O–H groups in total. The number of aromatic nitrogens is 1. The molecule has 7 heteroatoms. The first kappa shape index (κ1) is 17.6. The number of carboxylic acid groups (broad SMARTS) is 1. The Balaban J connectivity index is 1.80. The number of hydrogen-bond acceptors (Lipinski definition) is 5. The molecule has 0 unspecified atom stereocenters. The Morgan fingerprint density at radius 3 is 2.68 bits per heavy atom. The molecular formula is C18H20N2O4S. The van der Waals surface area contributed by atoms with Crippen molar-refractivity contribution in [3.05, 3.63) is 40.9 Å². The van der Waals surface area contributed by atoms with Gasteiger partial charge in [-0.15, -0.1) is 11.3 Å². The number of hydrogen-bond donors (Lipinski definition) is 1. The molecule has 0 saturated carbocycles. The molecule has 0 aliphatic carbocycles. The minimum atomic E-state index is -1.06. The van der Waals surface area contributed by atoms with Crippen molar-refractivity contribution in [2.24, 2.45) is 0 Å². The molecule has 132 valence electrons. The van der Waals surface area contributed by atoms with Crippen LogP contribution in [0.4, 0.5) is 0 Å². The minimum Gasteiger partial charge on any atom is -0.480 e. The zero-order valence-electron chi connectivity index (χ0n) is 14.1. The van der Waals surface area contributed by atoms with Crippen LogP contribution in [0.25, 0.3) is 10.6 Å². The molecule has 1 fully saturated rings. The van der Waals surface area contributed by atoms with Gasteiger partial charge < -0.3 is 14.7 Å². The van der Waals surface area contributed by atoms with Gasteiger partial charge in [-0.1, -0.05) is 38.1 Å². The lowest BCUT2D eigenvalue weighted by molar-refractivity contribution is -0.147. The van der Waals surface area contributed by atoms with Crippen LogP contribution in [0, 0.1) is 0 Å². The van der Waals surface area contributed by atoms with Crippen LogP contribution < -0.4 is 0 Å². The largest absolute Gasteiger partial charge is 0.480 e. The fourth-order valence-electron chi connectivity index (χ4n) is 2.71. The van der Waals surface area contributed by atoms with Crippen LogP contribution in [0.1, 0.15) is 35.8 Å². The summed E-state index contributed by atoms with van der Waals surface area (Å²) >= 11 is 1.38. The fraction of sp³-hybridized carbons (Fsp3) is 0.389. The molecule has 1 aliphatic rings. The van der Waals surface area contributed by atoms with Crippen molar-refractivity contribution < 1.29 is 19.4 Å². The Hall–Kier alpha value is -2.25. The SMILES string of the molecule is CC(C)c1ccc(-c2nc(C(=O)N3CCOC[C@H]3C(=O)O)cs2)cc1. The number of benzene rings is 1. The standard InChI is InChI=1S/C18H20N2O4S/c1-11(2)12-3-5-13(6-4-12)16-19-14(10-25-16)17(21)20-7-8-24-9-15(20)18(22)23/h3-6,10-11,15H,7-9H2,1-2H3,(H,22,23)/t15-/m0/s1.